The van der Waals surface area contributed by atoms with Gasteiger partial charge in [-0.05, 0) is 19.1 Å². The number of likely N-dealkylation sites (N-methyl/N-ethyl adjacent to an activating group) is 1. The lowest BCUT2D eigenvalue weighted by molar-refractivity contribution is -0.131. The molecular weight excluding hydrogens is 262 g/mol. The summed E-state index contributed by atoms with van der Waals surface area (Å²) in [5, 5.41) is 0. The lowest BCUT2D eigenvalue weighted by atomic mass is 10.1. The molecule has 110 valence electrons. The molecule has 0 heterocycles. The maximum Gasteiger partial charge on any atom is 0.338 e. The number of carbonyl (C=O) groups is 2. The van der Waals surface area contributed by atoms with Gasteiger partial charge < -0.3 is 19.1 Å². The van der Waals surface area contributed by atoms with Crippen molar-refractivity contribution in [2.45, 2.75) is 6.92 Å². The Morgan fingerprint density at radius 1 is 1.10 bits per heavy atom. The molecule has 0 aliphatic heterocycles. The predicted octanol–water partition coefficient (Wildman–Crippen LogP) is 1.26. The zero-order chi connectivity index (χ0) is 15.3. The quantitative estimate of drug-likeness (QED) is 0.760. The molecule has 6 heteroatoms. The van der Waals surface area contributed by atoms with Crippen LogP contribution < -0.4 is 9.47 Å². The van der Waals surface area contributed by atoms with Crippen LogP contribution in [0.4, 0.5) is 0 Å². The molecule has 20 heavy (non-hydrogen) atoms. The van der Waals surface area contributed by atoms with Crippen molar-refractivity contribution >= 4 is 11.9 Å². The van der Waals surface area contributed by atoms with Crippen LogP contribution in [0.5, 0.6) is 11.5 Å². The van der Waals surface area contributed by atoms with E-state index < -0.39 is 5.97 Å². The topological polar surface area (TPSA) is 65.1 Å². The molecule has 1 aromatic rings. The fraction of sp³-hybridized carbons (Fsp3) is 0.429. The van der Waals surface area contributed by atoms with Gasteiger partial charge in [0.05, 0.1) is 19.8 Å². The van der Waals surface area contributed by atoms with Gasteiger partial charge in [-0.2, -0.15) is 0 Å². The monoisotopic (exact) mass is 281 g/mol. The van der Waals surface area contributed by atoms with Crippen LogP contribution >= 0.6 is 0 Å². The minimum Gasteiger partial charge on any atom is -0.496 e. The van der Waals surface area contributed by atoms with Crippen LogP contribution in [0.1, 0.15) is 15.9 Å². The van der Waals surface area contributed by atoms with Crippen LogP contribution in [0, 0.1) is 6.92 Å². The second kappa shape index (κ2) is 6.79. The van der Waals surface area contributed by atoms with Gasteiger partial charge in [-0.3, -0.25) is 4.79 Å². The second-order valence-electron chi connectivity index (χ2n) is 4.37. The molecule has 0 aromatic heterocycles. The zero-order valence-electron chi connectivity index (χ0n) is 12.4. The van der Waals surface area contributed by atoms with Gasteiger partial charge >= 0.3 is 5.97 Å². The van der Waals surface area contributed by atoms with Crippen LogP contribution in [0.25, 0.3) is 0 Å². The number of benzene rings is 1. The van der Waals surface area contributed by atoms with Gasteiger partial charge in [0.2, 0.25) is 0 Å². The Labute approximate surface area is 118 Å². The van der Waals surface area contributed by atoms with Crippen molar-refractivity contribution in [1.82, 2.24) is 4.90 Å². The third-order valence-electron chi connectivity index (χ3n) is 2.81. The fourth-order valence-corrected chi connectivity index (χ4v) is 1.54. The summed E-state index contributed by atoms with van der Waals surface area (Å²) < 4.78 is 15.3. The van der Waals surface area contributed by atoms with Crippen LogP contribution in [0.2, 0.25) is 0 Å². The molecule has 0 saturated heterocycles. The first-order chi connectivity index (χ1) is 9.40. The number of hydrogen-bond acceptors (Lipinski definition) is 5. The first-order valence-corrected chi connectivity index (χ1v) is 6.00. The van der Waals surface area contributed by atoms with Gasteiger partial charge in [-0.15, -0.1) is 0 Å². The Bertz CT molecular complexity index is 485. The number of methoxy groups -OCH3 is 2. The molecule has 0 spiro atoms. The average molecular weight is 281 g/mol. The van der Waals surface area contributed by atoms with E-state index in [4.69, 9.17) is 14.2 Å². The van der Waals surface area contributed by atoms with Crippen LogP contribution in [-0.4, -0.2) is 51.7 Å². The molecule has 0 aliphatic carbocycles. The average Bonchev–Trinajstić information content (AvgIpc) is 2.44. The van der Waals surface area contributed by atoms with E-state index in [1.807, 2.05) is 6.92 Å². The molecule has 6 nitrogen and oxygen atoms in total. The third-order valence-corrected chi connectivity index (χ3v) is 2.81. The van der Waals surface area contributed by atoms with Gasteiger partial charge in [0, 0.05) is 19.7 Å². The minimum absolute atomic E-state index is 0.274. The Morgan fingerprint density at radius 3 is 2.00 bits per heavy atom. The van der Waals surface area contributed by atoms with E-state index in [1.165, 1.54) is 19.1 Å². The summed E-state index contributed by atoms with van der Waals surface area (Å²) in [5.74, 6) is 0.159. The van der Waals surface area contributed by atoms with Crippen molar-refractivity contribution < 1.29 is 23.8 Å². The van der Waals surface area contributed by atoms with Crippen LogP contribution in [0.15, 0.2) is 12.1 Å². The van der Waals surface area contributed by atoms with Crippen molar-refractivity contribution in [2.75, 3.05) is 34.9 Å². The Morgan fingerprint density at radius 2 is 1.60 bits per heavy atom. The molecule has 1 amide bonds. The highest BCUT2D eigenvalue weighted by molar-refractivity contribution is 5.92. The highest BCUT2D eigenvalue weighted by Crippen LogP contribution is 2.29. The third kappa shape index (κ3) is 3.63. The summed E-state index contributed by atoms with van der Waals surface area (Å²) in [5.41, 5.74) is 1.06. The van der Waals surface area contributed by atoms with E-state index in [0.717, 1.165) is 5.56 Å². The molecule has 1 rings (SSSR count). The highest BCUT2D eigenvalue weighted by Gasteiger charge is 2.16. The molecule has 0 N–H and O–H groups in total. The normalized spacial score (nSPS) is 9.85. The van der Waals surface area contributed by atoms with E-state index in [-0.39, 0.29) is 18.1 Å². The van der Waals surface area contributed by atoms with E-state index in [9.17, 15) is 9.59 Å². The molecule has 0 atom stereocenters. The van der Waals surface area contributed by atoms with Gasteiger partial charge in [0.1, 0.15) is 11.5 Å². The van der Waals surface area contributed by atoms with Gasteiger partial charge in [0.25, 0.3) is 5.91 Å². The molecule has 0 fully saturated rings. The van der Waals surface area contributed by atoms with Gasteiger partial charge in [0.15, 0.2) is 6.61 Å². The standard InChI is InChI=1S/C14H19NO5/c1-9-11(18-4)6-10(7-12(9)19-5)14(17)20-8-13(16)15(2)3/h6-7H,8H2,1-5H3. The number of ether oxygens (including phenoxy) is 3. The molecular formula is C14H19NO5. The molecule has 0 radical (unpaired) electrons. The summed E-state index contributed by atoms with van der Waals surface area (Å²) in [6.07, 6.45) is 0. The number of amides is 1. The molecule has 0 unspecified atom stereocenters. The maximum atomic E-state index is 11.9. The Hall–Kier alpha value is -2.24. The fourth-order valence-electron chi connectivity index (χ4n) is 1.54. The molecule has 1 aromatic carbocycles. The summed E-state index contributed by atoms with van der Waals surface area (Å²) in [4.78, 5) is 24.6. The summed E-state index contributed by atoms with van der Waals surface area (Å²) in [6, 6.07) is 3.11. The lowest BCUT2D eigenvalue weighted by Crippen LogP contribution is -2.27. The Balaban J connectivity index is 2.90. The minimum atomic E-state index is -0.600. The number of nitrogens with zero attached hydrogens (tertiary/aromatic N) is 1. The summed E-state index contributed by atoms with van der Waals surface area (Å²) >= 11 is 0. The first kappa shape index (κ1) is 15.8. The van der Waals surface area contributed by atoms with Crippen molar-refractivity contribution in [3.63, 3.8) is 0 Å². The molecule has 0 saturated carbocycles. The predicted molar refractivity (Wildman–Crippen MR) is 73.3 cm³/mol. The largest absolute Gasteiger partial charge is 0.496 e. The molecule has 0 bridgehead atoms. The van der Waals surface area contributed by atoms with Crippen LogP contribution in [-0.2, 0) is 9.53 Å². The Kier molecular flexibility index (Phi) is 5.37. The number of esters is 1. The van der Waals surface area contributed by atoms with Crippen molar-refractivity contribution in [3.8, 4) is 11.5 Å². The number of hydrogen-bond donors (Lipinski definition) is 0. The van der Waals surface area contributed by atoms with Crippen molar-refractivity contribution in [3.05, 3.63) is 23.3 Å². The van der Waals surface area contributed by atoms with E-state index in [1.54, 1.807) is 26.2 Å². The summed E-state index contributed by atoms with van der Waals surface area (Å²) in [6.45, 7) is 1.52. The van der Waals surface area contributed by atoms with Crippen molar-refractivity contribution in [1.29, 1.82) is 0 Å². The second-order valence-corrected chi connectivity index (χ2v) is 4.37. The van der Waals surface area contributed by atoms with E-state index in [2.05, 4.69) is 0 Å². The smallest absolute Gasteiger partial charge is 0.338 e. The van der Waals surface area contributed by atoms with E-state index >= 15 is 0 Å². The highest BCUT2D eigenvalue weighted by atomic mass is 16.5. The lowest BCUT2D eigenvalue weighted by Gasteiger charge is -2.13. The first-order valence-electron chi connectivity index (χ1n) is 6.00. The van der Waals surface area contributed by atoms with E-state index in [0.29, 0.717) is 11.5 Å². The number of rotatable bonds is 5. The number of carbonyl (C=O) groups excluding carboxylic acids is 2. The zero-order valence-corrected chi connectivity index (χ0v) is 12.4. The summed E-state index contributed by atoms with van der Waals surface area (Å²) in [7, 11) is 6.20. The van der Waals surface area contributed by atoms with Gasteiger partial charge in [-0.25, -0.2) is 4.79 Å². The van der Waals surface area contributed by atoms with Crippen LogP contribution in [0.3, 0.4) is 0 Å². The van der Waals surface area contributed by atoms with Crippen molar-refractivity contribution in [2.24, 2.45) is 0 Å². The molecule has 0 aliphatic rings. The maximum absolute atomic E-state index is 11.9. The SMILES string of the molecule is COc1cc(C(=O)OCC(=O)N(C)C)cc(OC)c1C. The van der Waals surface area contributed by atoms with Gasteiger partial charge in [-0.1, -0.05) is 0 Å².